The molecular formula is C38H24N6. The molecule has 44 heavy (non-hydrogen) atoms. The summed E-state index contributed by atoms with van der Waals surface area (Å²) in [7, 11) is 0. The van der Waals surface area contributed by atoms with Crippen molar-refractivity contribution < 1.29 is 0 Å². The number of hydrogen-bond donors (Lipinski definition) is 0. The summed E-state index contributed by atoms with van der Waals surface area (Å²) in [5, 5.41) is 11.7. The Morgan fingerprint density at radius 1 is 0.636 bits per heavy atom. The van der Waals surface area contributed by atoms with Gasteiger partial charge in [0.05, 0.1) is 45.5 Å². The van der Waals surface area contributed by atoms with Gasteiger partial charge >= 0.3 is 0 Å². The Labute approximate surface area is 254 Å². The van der Waals surface area contributed by atoms with Crippen molar-refractivity contribution in [1.82, 2.24) is 19.9 Å². The van der Waals surface area contributed by atoms with Gasteiger partial charge in [-0.05, 0) is 66.1 Å². The molecule has 0 N–H and O–H groups in total. The molecule has 1 atom stereocenters. The van der Waals surface area contributed by atoms with E-state index in [1.807, 2.05) is 84.9 Å². The first-order valence-corrected chi connectivity index (χ1v) is 14.5. The van der Waals surface area contributed by atoms with Crippen molar-refractivity contribution in [3.05, 3.63) is 150 Å². The normalized spacial score (nSPS) is 14.2. The molecule has 0 saturated carbocycles. The van der Waals surface area contributed by atoms with Gasteiger partial charge in [0, 0.05) is 40.2 Å². The number of hydrogen-bond acceptors (Lipinski definition) is 6. The van der Waals surface area contributed by atoms with E-state index in [0.717, 1.165) is 67.7 Å². The zero-order valence-electron chi connectivity index (χ0n) is 23.6. The number of nitriles is 1. The van der Waals surface area contributed by atoms with Crippen LogP contribution in [0.2, 0.25) is 0 Å². The van der Waals surface area contributed by atoms with E-state index in [0.29, 0.717) is 11.4 Å². The zero-order chi connectivity index (χ0) is 29.5. The van der Waals surface area contributed by atoms with Crippen molar-refractivity contribution in [3.63, 3.8) is 0 Å². The Hall–Kier alpha value is -6.06. The van der Waals surface area contributed by atoms with E-state index in [9.17, 15) is 5.26 Å². The largest absolute Gasteiger partial charge is 0.256 e. The van der Waals surface area contributed by atoms with Crippen LogP contribution in [0.25, 0.3) is 44.5 Å². The van der Waals surface area contributed by atoms with Gasteiger partial charge in [-0.1, -0.05) is 66.7 Å². The van der Waals surface area contributed by atoms with E-state index < -0.39 is 0 Å². The lowest BCUT2D eigenvalue weighted by atomic mass is 9.83. The average molecular weight is 565 g/mol. The molecule has 4 heterocycles. The minimum Gasteiger partial charge on any atom is -0.256 e. The second-order valence-electron chi connectivity index (χ2n) is 10.8. The van der Waals surface area contributed by atoms with Crippen molar-refractivity contribution in [2.45, 2.75) is 12.3 Å². The SMILES string of the molecule is N#Cc1cccc(C2Cc3ccccc3N=C2c2cc(-c3cccc4ncccc34)nc(-c3cccc4ncccc34)n2)c1. The molecule has 8 rings (SSSR count). The topological polar surface area (TPSA) is 87.7 Å². The number of nitrogens with zero attached hydrogens (tertiary/aromatic N) is 6. The predicted octanol–water partition coefficient (Wildman–Crippen LogP) is 8.24. The fraction of sp³-hybridized carbons (Fsp3) is 0.0526. The molecule has 0 radical (unpaired) electrons. The van der Waals surface area contributed by atoms with Gasteiger partial charge in [-0.15, -0.1) is 0 Å². The molecule has 1 aliphatic rings. The summed E-state index contributed by atoms with van der Waals surface area (Å²) >= 11 is 0. The van der Waals surface area contributed by atoms with Gasteiger partial charge in [-0.25, -0.2) is 9.97 Å². The van der Waals surface area contributed by atoms with Crippen LogP contribution in [0.15, 0.2) is 133 Å². The third-order valence-electron chi connectivity index (χ3n) is 8.20. The lowest BCUT2D eigenvalue weighted by molar-refractivity contribution is 0.854. The number of benzene rings is 4. The van der Waals surface area contributed by atoms with E-state index in [1.165, 1.54) is 5.56 Å². The molecule has 6 heteroatoms. The second kappa shape index (κ2) is 10.6. The first-order chi connectivity index (χ1) is 21.7. The summed E-state index contributed by atoms with van der Waals surface area (Å²) in [4.78, 5) is 24.8. The molecule has 0 bridgehead atoms. The summed E-state index contributed by atoms with van der Waals surface area (Å²) in [5.74, 6) is 0.500. The van der Waals surface area contributed by atoms with Crippen LogP contribution in [-0.4, -0.2) is 25.6 Å². The van der Waals surface area contributed by atoms with Crippen molar-refractivity contribution in [2.75, 3.05) is 0 Å². The van der Waals surface area contributed by atoms with Crippen LogP contribution in [0.4, 0.5) is 5.69 Å². The Bertz CT molecular complexity index is 2190. The highest BCUT2D eigenvalue weighted by Crippen LogP contribution is 2.38. The molecule has 4 aromatic carbocycles. The maximum absolute atomic E-state index is 9.69. The fourth-order valence-electron chi connectivity index (χ4n) is 6.12. The standard InChI is InChI=1S/C38H24N6/c39-23-24-8-3-10-25(20-24)31-21-26-9-1-2-15-32(26)42-37(31)36-22-35(28-11-4-16-33-27(28)13-6-18-40-33)43-38(44-36)30-12-5-17-34-29(30)14-7-19-41-34/h1-20,22,31H,21H2. The summed E-state index contributed by atoms with van der Waals surface area (Å²) < 4.78 is 0. The van der Waals surface area contributed by atoms with Crippen LogP contribution in [0.3, 0.4) is 0 Å². The highest BCUT2D eigenvalue weighted by molar-refractivity contribution is 6.08. The summed E-state index contributed by atoms with van der Waals surface area (Å²) in [5.41, 5.74) is 9.78. The summed E-state index contributed by atoms with van der Waals surface area (Å²) in [6.07, 6.45) is 4.35. The molecule has 0 spiro atoms. The van der Waals surface area contributed by atoms with Gasteiger partial charge in [0.2, 0.25) is 0 Å². The van der Waals surface area contributed by atoms with Crippen molar-refractivity contribution >= 4 is 33.2 Å². The number of pyridine rings is 2. The molecule has 206 valence electrons. The summed E-state index contributed by atoms with van der Waals surface area (Å²) in [6, 6.07) is 40.5. The maximum atomic E-state index is 9.69. The number of para-hydroxylation sites is 1. The number of aliphatic imine (C=N–C) groups is 1. The molecule has 0 fully saturated rings. The first-order valence-electron chi connectivity index (χ1n) is 14.5. The highest BCUT2D eigenvalue weighted by Gasteiger charge is 2.28. The van der Waals surface area contributed by atoms with Gasteiger partial charge in [-0.3, -0.25) is 15.0 Å². The molecular weight excluding hydrogens is 540 g/mol. The molecule has 1 aliphatic heterocycles. The van der Waals surface area contributed by atoms with Crippen LogP contribution < -0.4 is 0 Å². The Morgan fingerprint density at radius 3 is 2.14 bits per heavy atom. The van der Waals surface area contributed by atoms with Gasteiger partial charge in [0.1, 0.15) is 0 Å². The lowest BCUT2D eigenvalue weighted by Gasteiger charge is -2.26. The molecule has 3 aromatic heterocycles. The molecule has 7 aromatic rings. The van der Waals surface area contributed by atoms with Crippen LogP contribution in [0.1, 0.15) is 28.3 Å². The van der Waals surface area contributed by atoms with E-state index in [-0.39, 0.29) is 5.92 Å². The van der Waals surface area contributed by atoms with Crippen molar-refractivity contribution in [1.29, 1.82) is 5.26 Å². The van der Waals surface area contributed by atoms with E-state index in [1.54, 1.807) is 12.4 Å². The minimum atomic E-state index is -0.0998. The number of rotatable bonds is 4. The van der Waals surface area contributed by atoms with Gasteiger partial charge in [-0.2, -0.15) is 5.26 Å². The number of aromatic nitrogens is 4. The Kier molecular flexibility index (Phi) is 6.20. The Balaban J connectivity index is 1.41. The van der Waals surface area contributed by atoms with Gasteiger partial charge < -0.3 is 0 Å². The van der Waals surface area contributed by atoms with Crippen LogP contribution >= 0.6 is 0 Å². The summed E-state index contributed by atoms with van der Waals surface area (Å²) in [6.45, 7) is 0. The third-order valence-corrected chi connectivity index (χ3v) is 8.20. The van der Waals surface area contributed by atoms with E-state index in [4.69, 9.17) is 15.0 Å². The molecule has 0 amide bonds. The zero-order valence-corrected chi connectivity index (χ0v) is 23.6. The highest BCUT2D eigenvalue weighted by atomic mass is 14.9. The van der Waals surface area contributed by atoms with E-state index in [2.05, 4.69) is 46.4 Å². The molecule has 0 saturated heterocycles. The van der Waals surface area contributed by atoms with Crippen LogP contribution in [0.5, 0.6) is 0 Å². The van der Waals surface area contributed by atoms with Crippen LogP contribution in [0, 0.1) is 11.3 Å². The van der Waals surface area contributed by atoms with Crippen molar-refractivity contribution in [3.8, 4) is 28.7 Å². The molecule has 0 aliphatic carbocycles. The monoisotopic (exact) mass is 564 g/mol. The number of fused-ring (bicyclic) bond motifs is 3. The molecule has 6 nitrogen and oxygen atoms in total. The predicted molar refractivity (Wildman–Crippen MR) is 174 cm³/mol. The van der Waals surface area contributed by atoms with Crippen molar-refractivity contribution in [2.24, 2.45) is 4.99 Å². The lowest BCUT2D eigenvalue weighted by Crippen LogP contribution is -2.22. The Morgan fingerprint density at radius 2 is 1.34 bits per heavy atom. The molecule has 1 unspecified atom stereocenters. The van der Waals surface area contributed by atoms with Gasteiger partial charge in [0.25, 0.3) is 0 Å². The van der Waals surface area contributed by atoms with E-state index >= 15 is 0 Å². The quantitative estimate of drug-likeness (QED) is 0.215. The third kappa shape index (κ3) is 4.48. The maximum Gasteiger partial charge on any atom is 0.161 e. The first kappa shape index (κ1) is 25.6. The second-order valence-corrected chi connectivity index (χ2v) is 10.8. The smallest absolute Gasteiger partial charge is 0.161 e. The minimum absolute atomic E-state index is 0.0998. The van der Waals surface area contributed by atoms with Crippen LogP contribution in [-0.2, 0) is 6.42 Å². The fourth-order valence-corrected chi connectivity index (χ4v) is 6.12. The van der Waals surface area contributed by atoms with Gasteiger partial charge in [0.15, 0.2) is 5.82 Å². The average Bonchev–Trinajstić information content (AvgIpc) is 3.10.